The average molecular weight is 338 g/mol. The number of rotatable bonds is 6. The van der Waals surface area contributed by atoms with E-state index in [2.05, 4.69) is 20.7 Å². The molecule has 1 aromatic rings. The smallest absolute Gasteiger partial charge is 0.207 e. The standard InChI is InChI=1S/C12H17BrFNO2S/c1-3-12(4-2,9-13)15-18(16,17)11-7-5-6-10(14)8-11/h5-8,15H,3-4,9H2,1-2H3. The lowest BCUT2D eigenvalue weighted by atomic mass is 9.97. The van der Waals surface area contributed by atoms with Gasteiger partial charge in [0, 0.05) is 10.9 Å². The normalized spacial score (nSPS) is 12.7. The Bertz CT molecular complexity index is 492. The Morgan fingerprint density at radius 2 is 1.94 bits per heavy atom. The molecule has 0 bridgehead atoms. The maximum absolute atomic E-state index is 13.1. The number of hydrogen-bond acceptors (Lipinski definition) is 2. The predicted molar refractivity (Wildman–Crippen MR) is 73.8 cm³/mol. The predicted octanol–water partition coefficient (Wildman–Crippen LogP) is 3.06. The quantitative estimate of drug-likeness (QED) is 0.811. The molecule has 102 valence electrons. The molecule has 0 fully saturated rings. The highest BCUT2D eigenvalue weighted by atomic mass is 79.9. The van der Waals surface area contributed by atoms with Crippen LogP contribution in [0.15, 0.2) is 29.2 Å². The Kier molecular flexibility index (Phi) is 5.31. The Hall–Kier alpha value is -0.460. The van der Waals surface area contributed by atoms with Crippen LogP contribution < -0.4 is 4.72 Å². The molecule has 0 spiro atoms. The van der Waals surface area contributed by atoms with Crippen LogP contribution in [-0.4, -0.2) is 19.3 Å². The molecule has 0 saturated carbocycles. The molecule has 3 nitrogen and oxygen atoms in total. The highest BCUT2D eigenvalue weighted by Crippen LogP contribution is 2.22. The summed E-state index contributed by atoms with van der Waals surface area (Å²) >= 11 is 3.33. The number of nitrogens with one attached hydrogen (secondary N) is 1. The summed E-state index contributed by atoms with van der Waals surface area (Å²) in [4.78, 5) is -0.0466. The fourth-order valence-corrected chi connectivity index (χ4v) is 4.28. The highest BCUT2D eigenvalue weighted by Gasteiger charge is 2.31. The minimum Gasteiger partial charge on any atom is -0.207 e. The Labute approximate surface area is 116 Å². The van der Waals surface area contributed by atoms with E-state index >= 15 is 0 Å². The minimum atomic E-state index is -3.70. The molecule has 1 N–H and O–H groups in total. The molecule has 0 aliphatic heterocycles. The molecule has 0 unspecified atom stereocenters. The van der Waals surface area contributed by atoms with E-state index in [4.69, 9.17) is 0 Å². The maximum Gasteiger partial charge on any atom is 0.241 e. The van der Waals surface area contributed by atoms with Gasteiger partial charge in [-0.2, -0.15) is 0 Å². The summed E-state index contributed by atoms with van der Waals surface area (Å²) in [6.45, 7) is 3.83. The van der Waals surface area contributed by atoms with Gasteiger partial charge < -0.3 is 0 Å². The number of hydrogen-bond donors (Lipinski definition) is 1. The second kappa shape index (κ2) is 6.12. The molecule has 0 aliphatic carbocycles. The van der Waals surface area contributed by atoms with Gasteiger partial charge in [0.25, 0.3) is 0 Å². The number of sulfonamides is 1. The third kappa shape index (κ3) is 3.52. The lowest BCUT2D eigenvalue weighted by Crippen LogP contribution is -2.48. The first kappa shape index (κ1) is 15.6. The van der Waals surface area contributed by atoms with E-state index in [0.717, 1.165) is 6.07 Å². The van der Waals surface area contributed by atoms with Crippen LogP contribution in [0, 0.1) is 5.82 Å². The molecule has 0 amide bonds. The van der Waals surface area contributed by atoms with E-state index in [1.54, 1.807) is 0 Å². The number of benzene rings is 1. The highest BCUT2D eigenvalue weighted by molar-refractivity contribution is 9.09. The summed E-state index contributed by atoms with van der Waals surface area (Å²) in [6, 6.07) is 5.01. The molecule has 0 aromatic heterocycles. The van der Waals surface area contributed by atoms with Gasteiger partial charge in [0.05, 0.1) is 4.90 Å². The summed E-state index contributed by atoms with van der Waals surface area (Å²) < 4.78 is 40.1. The van der Waals surface area contributed by atoms with Gasteiger partial charge in [-0.15, -0.1) is 0 Å². The SMILES string of the molecule is CCC(CC)(CBr)NS(=O)(=O)c1cccc(F)c1. The van der Waals surface area contributed by atoms with E-state index in [-0.39, 0.29) is 4.90 Å². The molecule has 1 aromatic carbocycles. The molecule has 1 rings (SSSR count). The third-order valence-corrected chi connectivity index (χ3v) is 5.72. The van der Waals surface area contributed by atoms with E-state index < -0.39 is 21.4 Å². The van der Waals surface area contributed by atoms with Crippen molar-refractivity contribution in [1.82, 2.24) is 4.72 Å². The molecule has 6 heteroatoms. The van der Waals surface area contributed by atoms with Crippen molar-refractivity contribution in [3.63, 3.8) is 0 Å². The molecule has 0 atom stereocenters. The van der Waals surface area contributed by atoms with E-state index in [1.165, 1.54) is 18.2 Å². The van der Waals surface area contributed by atoms with Crippen LogP contribution in [0.2, 0.25) is 0 Å². The van der Waals surface area contributed by atoms with Crippen LogP contribution in [-0.2, 0) is 10.0 Å². The van der Waals surface area contributed by atoms with Crippen molar-refractivity contribution in [2.45, 2.75) is 37.1 Å². The lowest BCUT2D eigenvalue weighted by molar-refractivity contribution is 0.398. The first-order valence-corrected chi connectivity index (χ1v) is 8.35. The Morgan fingerprint density at radius 3 is 2.39 bits per heavy atom. The summed E-state index contributed by atoms with van der Waals surface area (Å²) in [7, 11) is -3.70. The molecule has 18 heavy (non-hydrogen) atoms. The van der Waals surface area contributed by atoms with Crippen LogP contribution in [0.4, 0.5) is 4.39 Å². The van der Waals surface area contributed by atoms with Crippen LogP contribution in [0.3, 0.4) is 0 Å². The monoisotopic (exact) mass is 337 g/mol. The molecule has 0 saturated heterocycles. The number of halogens is 2. The molecular formula is C12H17BrFNO2S. The van der Waals surface area contributed by atoms with Gasteiger partial charge in [0.15, 0.2) is 0 Å². The Balaban J connectivity index is 3.08. The van der Waals surface area contributed by atoms with Gasteiger partial charge in [-0.1, -0.05) is 35.8 Å². The van der Waals surface area contributed by atoms with Crippen molar-refractivity contribution >= 4 is 26.0 Å². The molecular weight excluding hydrogens is 321 g/mol. The van der Waals surface area contributed by atoms with Crippen molar-refractivity contribution in [3.8, 4) is 0 Å². The molecule has 0 aliphatic rings. The van der Waals surface area contributed by atoms with Gasteiger partial charge in [0.1, 0.15) is 5.82 Å². The van der Waals surface area contributed by atoms with Crippen molar-refractivity contribution < 1.29 is 12.8 Å². The minimum absolute atomic E-state index is 0.0466. The van der Waals surface area contributed by atoms with Gasteiger partial charge >= 0.3 is 0 Å². The van der Waals surface area contributed by atoms with E-state index in [9.17, 15) is 12.8 Å². The van der Waals surface area contributed by atoms with Crippen LogP contribution in [0.25, 0.3) is 0 Å². The largest absolute Gasteiger partial charge is 0.241 e. The van der Waals surface area contributed by atoms with Crippen LogP contribution in [0.5, 0.6) is 0 Å². The van der Waals surface area contributed by atoms with Gasteiger partial charge in [-0.25, -0.2) is 17.5 Å². The van der Waals surface area contributed by atoms with Gasteiger partial charge in [-0.05, 0) is 31.0 Å². The summed E-state index contributed by atoms with van der Waals surface area (Å²) in [6.07, 6.45) is 1.31. The van der Waals surface area contributed by atoms with Crippen LogP contribution in [0.1, 0.15) is 26.7 Å². The second-order valence-corrected chi connectivity index (χ2v) is 6.43. The van der Waals surface area contributed by atoms with Gasteiger partial charge in [0.2, 0.25) is 10.0 Å². The van der Waals surface area contributed by atoms with Crippen molar-refractivity contribution in [1.29, 1.82) is 0 Å². The van der Waals surface area contributed by atoms with Crippen molar-refractivity contribution in [2.24, 2.45) is 0 Å². The average Bonchev–Trinajstić information content (AvgIpc) is 2.36. The third-order valence-electron chi connectivity index (χ3n) is 3.07. The first-order valence-electron chi connectivity index (χ1n) is 5.74. The summed E-state index contributed by atoms with van der Waals surface area (Å²) in [5.74, 6) is -0.560. The van der Waals surface area contributed by atoms with E-state index in [1.807, 2.05) is 13.8 Å². The molecule has 0 heterocycles. The molecule has 0 radical (unpaired) electrons. The maximum atomic E-state index is 13.1. The zero-order valence-corrected chi connectivity index (χ0v) is 12.8. The number of alkyl halides is 1. The fourth-order valence-electron chi connectivity index (χ4n) is 1.59. The van der Waals surface area contributed by atoms with E-state index in [0.29, 0.717) is 18.2 Å². The topological polar surface area (TPSA) is 46.2 Å². The zero-order valence-electron chi connectivity index (χ0n) is 10.4. The fraction of sp³-hybridized carbons (Fsp3) is 0.500. The summed E-state index contributed by atoms with van der Waals surface area (Å²) in [5, 5.41) is 0.515. The van der Waals surface area contributed by atoms with Crippen molar-refractivity contribution in [2.75, 3.05) is 5.33 Å². The lowest BCUT2D eigenvalue weighted by Gasteiger charge is -2.30. The second-order valence-electron chi connectivity index (χ2n) is 4.18. The van der Waals surface area contributed by atoms with Crippen LogP contribution >= 0.6 is 15.9 Å². The first-order chi connectivity index (χ1) is 8.39. The van der Waals surface area contributed by atoms with Gasteiger partial charge in [-0.3, -0.25) is 0 Å². The zero-order chi connectivity index (χ0) is 13.8. The van der Waals surface area contributed by atoms with Crippen molar-refractivity contribution in [3.05, 3.63) is 30.1 Å². The Morgan fingerprint density at radius 1 is 1.33 bits per heavy atom. The summed E-state index contributed by atoms with van der Waals surface area (Å²) in [5.41, 5.74) is -0.537.